The monoisotopic (exact) mass is 192 g/mol. The molecule has 0 aliphatic heterocycles. The minimum absolute atomic E-state index is 0.463. The van der Waals surface area contributed by atoms with Crippen LogP contribution in [0, 0.1) is 5.92 Å². The molecular formula is C12H20N2. The normalized spacial score (nSPS) is 14.8. The summed E-state index contributed by atoms with van der Waals surface area (Å²) < 4.78 is 0. The van der Waals surface area contributed by atoms with Gasteiger partial charge in [-0.05, 0) is 25.0 Å². The van der Waals surface area contributed by atoms with Crippen LogP contribution in [0.5, 0.6) is 0 Å². The highest BCUT2D eigenvalue weighted by molar-refractivity contribution is 5.65. The van der Waals surface area contributed by atoms with Gasteiger partial charge in [-0.1, -0.05) is 32.4 Å². The lowest BCUT2D eigenvalue weighted by Gasteiger charge is -2.21. The van der Waals surface area contributed by atoms with E-state index in [1.54, 1.807) is 0 Å². The predicted molar refractivity (Wildman–Crippen MR) is 63.4 cm³/mol. The van der Waals surface area contributed by atoms with Crippen LogP contribution in [0.25, 0.3) is 0 Å². The van der Waals surface area contributed by atoms with E-state index in [1.165, 1.54) is 6.42 Å². The Morgan fingerprint density at radius 2 is 1.93 bits per heavy atom. The number of nitrogens with one attached hydrogen (secondary N) is 1. The van der Waals surface area contributed by atoms with E-state index >= 15 is 0 Å². The summed E-state index contributed by atoms with van der Waals surface area (Å²) in [6.45, 7) is 6.65. The first kappa shape index (κ1) is 10.9. The standard InChI is InChI=1S/C12H20N2/c1-4-9(2)10(3)14-12-8-6-5-7-11(12)13/h5-10,14H,4,13H2,1-3H3. The molecule has 2 atom stereocenters. The van der Waals surface area contributed by atoms with Gasteiger partial charge >= 0.3 is 0 Å². The molecule has 2 unspecified atom stereocenters. The third-order valence-electron chi connectivity index (χ3n) is 2.84. The summed E-state index contributed by atoms with van der Waals surface area (Å²) in [7, 11) is 0. The third kappa shape index (κ3) is 2.66. The molecule has 0 aromatic heterocycles. The molecule has 0 saturated carbocycles. The molecule has 2 heteroatoms. The fourth-order valence-electron chi connectivity index (χ4n) is 1.37. The van der Waals surface area contributed by atoms with Gasteiger partial charge in [-0.3, -0.25) is 0 Å². The van der Waals surface area contributed by atoms with Crippen LogP contribution in [-0.4, -0.2) is 6.04 Å². The van der Waals surface area contributed by atoms with Crippen molar-refractivity contribution in [2.24, 2.45) is 5.92 Å². The lowest BCUT2D eigenvalue weighted by atomic mass is 10.0. The molecule has 0 aliphatic rings. The highest BCUT2D eigenvalue weighted by Crippen LogP contribution is 2.20. The number of rotatable bonds is 4. The van der Waals surface area contributed by atoms with Crippen LogP contribution in [0.1, 0.15) is 27.2 Å². The zero-order chi connectivity index (χ0) is 10.6. The second-order valence-corrected chi connectivity index (χ2v) is 3.91. The van der Waals surface area contributed by atoms with E-state index in [2.05, 4.69) is 26.1 Å². The average molecular weight is 192 g/mol. The van der Waals surface area contributed by atoms with Gasteiger partial charge in [0.1, 0.15) is 0 Å². The molecule has 78 valence electrons. The summed E-state index contributed by atoms with van der Waals surface area (Å²) in [5, 5.41) is 3.44. The molecule has 0 saturated heterocycles. The molecule has 14 heavy (non-hydrogen) atoms. The van der Waals surface area contributed by atoms with Gasteiger partial charge in [0.05, 0.1) is 11.4 Å². The van der Waals surface area contributed by atoms with E-state index < -0.39 is 0 Å². The molecular weight excluding hydrogens is 172 g/mol. The lowest BCUT2D eigenvalue weighted by Crippen LogP contribution is -2.23. The molecule has 1 aromatic carbocycles. The minimum Gasteiger partial charge on any atom is -0.397 e. The van der Waals surface area contributed by atoms with Crippen molar-refractivity contribution in [3.05, 3.63) is 24.3 Å². The van der Waals surface area contributed by atoms with Gasteiger partial charge in [0.2, 0.25) is 0 Å². The van der Waals surface area contributed by atoms with Crippen molar-refractivity contribution in [1.82, 2.24) is 0 Å². The van der Waals surface area contributed by atoms with E-state index in [0.29, 0.717) is 12.0 Å². The topological polar surface area (TPSA) is 38.0 Å². The summed E-state index contributed by atoms with van der Waals surface area (Å²) in [5.41, 5.74) is 7.71. The first-order chi connectivity index (χ1) is 6.65. The maximum absolute atomic E-state index is 5.85. The van der Waals surface area contributed by atoms with Crippen LogP contribution in [0.2, 0.25) is 0 Å². The fraction of sp³-hybridized carbons (Fsp3) is 0.500. The summed E-state index contributed by atoms with van der Waals surface area (Å²) in [4.78, 5) is 0. The van der Waals surface area contributed by atoms with Gasteiger partial charge in [-0.15, -0.1) is 0 Å². The Bertz CT molecular complexity index is 283. The van der Waals surface area contributed by atoms with Gasteiger partial charge in [0.25, 0.3) is 0 Å². The van der Waals surface area contributed by atoms with Crippen molar-refractivity contribution in [3.8, 4) is 0 Å². The summed E-state index contributed by atoms with van der Waals surface area (Å²) in [5.74, 6) is 0.662. The van der Waals surface area contributed by atoms with Crippen molar-refractivity contribution >= 4 is 11.4 Å². The highest BCUT2D eigenvalue weighted by atomic mass is 14.9. The van der Waals surface area contributed by atoms with Crippen LogP contribution in [0.3, 0.4) is 0 Å². The van der Waals surface area contributed by atoms with Crippen LogP contribution in [-0.2, 0) is 0 Å². The molecule has 3 N–H and O–H groups in total. The number of hydrogen-bond acceptors (Lipinski definition) is 2. The predicted octanol–water partition coefficient (Wildman–Crippen LogP) is 3.12. The van der Waals surface area contributed by atoms with E-state index in [1.807, 2.05) is 24.3 Å². The smallest absolute Gasteiger partial charge is 0.0576 e. The SMILES string of the molecule is CCC(C)C(C)Nc1ccccc1N. The molecule has 1 aromatic rings. The van der Waals surface area contributed by atoms with Gasteiger partial charge in [0.15, 0.2) is 0 Å². The van der Waals surface area contributed by atoms with Gasteiger partial charge in [-0.2, -0.15) is 0 Å². The van der Waals surface area contributed by atoms with Crippen molar-refractivity contribution in [3.63, 3.8) is 0 Å². The summed E-state index contributed by atoms with van der Waals surface area (Å²) in [6.07, 6.45) is 1.18. The fourth-order valence-corrected chi connectivity index (χ4v) is 1.37. The van der Waals surface area contributed by atoms with E-state index in [-0.39, 0.29) is 0 Å². The Kier molecular flexibility index (Phi) is 3.81. The highest BCUT2D eigenvalue weighted by Gasteiger charge is 2.10. The Morgan fingerprint density at radius 3 is 2.50 bits per heavy atom. The van der Waals surface area contributed by atoms with E-state index in [0.717, 1.165) is 11.4 Å². The van der Waals surface area contributed by atoms with Crippen LogP contribution in [0.15, 0.2) is 24.3 Å². The minimum atomic E-state index is 0.463. The van der Waals surface area contributed by atoms with Crippen molar-refractivity contribution < 1.29 is 0 Å². The molecule has 0 heterocycles. The van der Waals surface area contributed by atoms with Crippen molar-refractivity contribution in [2.75, 3.05) is 11.1 Å². The Hall–Kier alpha value is -1.18. The molecule has 1 rings (SSSR count). The molecule has 2 nitrogen and oxygen atoms in total. The quantitative estimate of drug-likeness (QED) is 0.719. The number of nitrogens with two attached hydrogens (primary N) is 1. The molecule has 0 aliphatic carbocycles. The van der Waals surface area contributed by atoms with Gasteiger partial charge in [0, 0.05) is 6.04 Å². The first-order valence-corrected chi connectivity index (χ1v) is 5.26. The average Bonchev–Trinajstić information content (AvgIpc) is 2.20. The maximum Gasteiger partial charge on any atom is 0.0576 e. The van der Waals surface area contributed by atoms with E-state index in [9.17, 15) is 0 Å². The first-order valence-electron chi connectivity index (χ1n) is 5.26. The van der Waals surface area contributed by atoms with Crippen LogP contribution >= 0.6 is 0 Å². The number of benzene rings is 1. The number of para-hydroxylation sites is 2. The molecule has 0 radical (unpaired) electrons. The zero-order valence-electron chi connectivity index (χ0n) is 9.25. The molecule has 0 bridgehead atoms. The van der Waals surface area contributed by atoms with Crippen LogP contribution < -0.4 is 11.1 Å². The largest absolute Gasteiger partial charge is 0.397 e. The number of nitrogen functional groups attached to an aromatic ring is 1. The number of hydrogen-bond donors (Lipinski definition) is 2. The lowest BCUT2D eigenvalue weighted by molar-refractivity contribution is 0.495. The molecule has 0 spiro atoms. The Morgan fingerprint density at radius 1 is 1.29 bits per heavy atom. The second kappa shape index (κ2) is 4.89. The van der Waals surface area contributed by atoms with E-state index in [4.69, 9.17) is 5.73 Å². The van der Waals surface area contributed by atoms with Gasteiger partial charge in [-0.25, -0.2) is 0 Å². The van der Waals surface area contributed by atoms with Crippen molar-refractivity contribution in [1.29, 1.82) is 0 Å². The Balaban J connectivity index is 2.64. The number of anilines is 2. The second-order valence-electron chi connectivity index (χ2n) is 3.91. The third-order valence-corrected chi connectivity index (χ3v) is 2.84. The van der Waals surface area contributed by atoms with Crippen molar-refractivity contribution in [2.45, 2.75) is 33.2 Å². The zero-order valence-corrected chi connectivity index (χ0v) is 9.25. The molecule has 0 amide bonds. The van der Waals surface area contributed by atoms with Gasteiger partial charge < -0.3 is 11.1 Å². The summed E-state index contributed by atoms with van der Waals surface area (Å²) >= 11 is 0. The van der Waals surface area contributed by atoms with Crippen LogP contribution in [0.4, 0.5) is 11.4 Å². The summed E-state index contributed by atoms with van der Waals surface area (Å²) in [6, 6.07) is 8.36. The maximum atomic E-state index is 5.85. The Labute approximate surface area is 86.5 Å². The molecule has 0 fully saturated rings.